The summed E-state index contributed by atoms with van der Waals surface area (Å²) >= 11 is 1.21. The van der Waals surface area contributed by atoms with Crippen LogP contribution < -0.4 is 11.1 Å². The lowest BCUT2D eigenvalue weighted by atomic mass is 10.4. The molecule has 0 spiro atoms. The van der Waals surface area contributed by atoms with E-state index in [0.29, 0.717) is 11.0 Å². The molecule has 7 nitrogen and oxygen atoms in total. The van der Waals surface area contributed by atoms with E-state index in [1.807, 2.05) is 6.92 Å². The number of thioether (sulfide) groups is 1. The number of aromatic nitrogens is 4. The molecule has 3 N–H and O–H groups in total. The summed E-state index contributed by atoms with van der Waals surface area (Å²) in [5.41, 5.74) is 6.37. The van der Waals surface area contributed by atoms with Gasteiger partial charge in [0.1, 0.15) is 5.82 Å². The summed E-state index contributed by atoms with van der Waals surface area (Å²) in [6, 6.07) is 3.34. The number of rotatable bonds is 4. The van der Waals surface area contributed by atoms with E-state index < -0.39 is 0 Å². The van der Waals surface area contributed by atoms with Crippen molar-refractivity contribution in [2.75, 3.05) is 16.8 Å². The van der Waals surface area contributed by atoms with Crippen LogP contribution in [0.2, 0.25) is 0 Å². The highest BCUT2D eigenvalue weighted by molar-refractivity contribution is 7.99. The van der Waals surface area contributed by atoms with Crippen LogP contribution in [0.5, 0.6) is 0 Å². The normalized spacial score (nSPS) is 10.2. The molecule has 2 rings (SSSR count). The summed E-state index contributed by atoms with van der Waals surface area (Å²) in [6.45, 7) is 1.82. The first-order valence-corrected chi connectivity index (χ1v) is 6.43. The van der Waals surface area contributed by atoms with E-state index in [9.17, 15) is 4.79 Å². The van der Waals surface area contributed by atoms with Gasteiger partial charge in [-0.05, 0) is 13.0 Å². The van der Waals surface area contributed by atoms with Crippen LogP contribution in [-0.2, 0) is 4.79 Å². The molecule has 0 radical (unpaired) electrons. The Morgan fingerprint density at radius 3 is 2.79 bits per heavy atom. The fourth-order valence-corrected chi connectivity index (χ4v) is 1.99. The van der Waals surface area contributed by atoms with Gasteiger partial charge in [0.15, 0.2) is 5.16 Å². The van der Waals surface area contributed by atoms with Crippen LogP contribution in [0.4, 0.5) is 11.8 Å². The molecule has 0 aliphatic rings. The van der Waals surface area contributed by atoms with Crippen molar-refractivity contribution >= 4 is 29.4 Å². The third kappa shape index (κ3) is 4.18. The smallest absolute Gasteiger partial charge is 0.237 e. The van der Waals surface area contributed by atoms with Gasteiger partial charge in [0.05, 0.1) is 5.75 Å². The molecule has 0 aromatic carbocycles. The Labute approximate surface area is 114 Å². The molecular weight excluding hydrogens is 264 g/mol. The lowest BCUT2D eigenvalue weighted by molar-refractivity contribution is -0.113. The molecule has 0 fully saturated rings. The quantitative estimate of drug-likeness (QED) is 0.630. The fraction of sp³-hybridized carbons (Fsp3) is 0.182. The van der Waals surface area contributed by atoms with E-state index >= 15 is 0 Å². The minimum atomic E-state index is -0.222. The van der Waals surface area contributed by atoms with Gasteiger partial charge in [0, 0.05) is 24.2 Å². The first-order chi connectivity index (χ1) is 9.13. The highest BCUT2D eigenvalue weighted by Gasteiger charge is 2.07. The van der Waals surface area contributed by atoms with Crippen LogP contribution >= 0.6 is 11.8 Å². The summed E-state index contributed by atoms with van der Waals surface area (Å²) < 4.78 is 0. The van der Waals surface area contributed by atoms with E-state index in [1.165, 1.54) is 11.8 Å². The minimum absolute atomic E-state index is 0.168. The molecule has 1 amide bonds. The third-order valence-electron chi connectivity index (χ3n) is 2.00. The predicted molar refractivity (Wildman–Crippen MR) is 72.6 cm³/mol. The van der Waals surface area contributed by atoms with Gasteiger partial charge in [-0.15, -0.1) is 0 Å². The van der Waals surface area contributed by atoms with Gasteiger partial charge in [-0.25, -0.2) is 19.9 Å². The van der Waals surface area contributed by atoms with E-state index in [2.05, 4.69) is 25.3 Å². The molecule has 0 saturated carbocycles. The summed E-state index contributed by atoms with van der Waals surface area (Å²) in [7, 11) is 0. The van der Waals surface area contributed by atoms with E-state index in [4.69, 9.17) is 5.73 Å². The first-order valence-electron chi connectivity index (χ1n) is 5.44. The van der Waals surface area contributed by atoms with Crippen molar-refractivity contribution in [3.8, 4) is 0 Å². The molecule has 8 heteroatoms. The Hall–Kier alpha value is -2.22. The monoisotopic (exact) mass is 276 g/mol. The summed E-state index contributed by atoms with van der Waals surface area (Å²) in [6.07, 6.45) is 3.11. The second kappa shape index (κ2) is 6.10. The number of nitrogens with zero attached hydrogens (tertiary/aromatic N) is 4. The van der Waals surface area contributed by atoms with Crippen LogP contribution in [0.15, 0.2) is 29.7 Å². The van der Waals surface area contributed by atoms with Crippen molar-refractivity contribution in [1.29, 1.82) is 0 Å². The Morgan fingerprint density at radius 1 is 1.37 bits per heavy atom. The highest BCUT2D eigenvalue weighted by atomic mass is 32.2. The molecule has 19 heavy (non-hydrogen) atoms. The maximum Gasteiger partial charge on any atom is 0.237 e. The zero-order valence-electron chi connectivity index (χ0n) is 10.2. The van der Waals surface area contributed by atoms with Gasteiger partial charge in [0.2, 0.25) is 11.9 Å². The molecule has 0 atom stereocenters. The van der Waals surface area contributed by atoms with Gasteiger partial charge in [-0.1, -0.05) is 11.8 Å². The molecule has 0 saturated heterocycles. The topological polar surface area (TPSA) is 107 Å². The summed E-state index contributed by atoms with van der Waals surface area (Å²) in [5.74, 6) is 0.612. The minimum Gasteiger partial charge on any atom is -0.384 e. The van der Waals surface area contributed by atoms with Crippen molar-refractivity contribution in [1.82, 2.24) is 19.9 Å². The van der Waals surface area contributed by atoms with Gasteiger partial charge in [0.25, 0.3) is 0 Å². The third-order valence-corrected chi connectivity index (χ3v) is 2.85. The molecule has 0 aliphatic heterocycles. The molecule has 2 heterocycles. The molecule has 98 valence electrons. The van der Waals surface area contributed by atoms with Crippen LogP contribution in [0.1, 0.15) is 5.69 Å². The molecule has 0 unspecified atom stereocenters. The van der Waals surface area contributed by atoms with Gasteiger partial charge < -0.3 is 5.73 Å². The molecular formula is C11H12N6OS. The number of hydrogen-bond acceptors (Lipinski definition) is 7. The number of hydrogen-bond donors (Lipinski definition) is 2. The largest absolute Gasteiger partial charge is 0.384 e. The van der Waals surface area contributed by atoms with Gasteiger partial charge in [-0.3, -0.25) is 10.1 Å². The van der Waals surface area contributed by atoms with Gasteiger partial charge in [-0.2, -0.15) is 0 Å². The Balaban J connectivity index is 1.90. The van der Waals surface area contributed by atoms with E-state index in [-0.39, 0.29) is 17.6 Å². The van der Waals surface area contributed by atoms with E-state index in [1.54, 1.807) is 24.5 Å². The summed E-state index contributed by atoms with van der Waals surface area (Å²) in [5, 5.41) is 3.05. The lowest BCUT2D eigenvalue weighted by Gasteiger charge is -2.03. The maximum absolute atomic E-state index is 11.7. The van der Waals surface area contributed by atoms with Crippen LogP contribution in [0.25, 0.3) is 0 Å². The Kier molecular flexibility index (Phi) is 4.24. The molecule has 2 aromatic rings. The number of carbonyl (C=O) groups is 1. The molecule has 0 aliphatic carbocycles. The first kappa shape index (κ1) is 13.2. The predicted octanol–water partition coefficient (Wildman–Crippen LogP) is 0.888. The lowest BCUT2D eigenvalue weighted by Crippen LogP contribution is -2.16. The average Bonchev–Trinajstić information content (AvgIpc) is 2.36. The SMILES string of the molecule is Cc1cc(N)nc(SCC(=O)Nc2ncccn2)n1. The Bertz CT molecular complexity index is 556. The number of nitrogens with one attached hydrogen (secondary N) is 1. The highest BCUT2D eigenvalue weighted by Crippen LogP contribution is 2.15. The van der Waals surface area contributed by atoms with Crippen LogP contribution in [-0.4, -0.2) is 31.6 Å². The molecule has 0 bridgehead atoms. The van der Waals surface area contributed by atoms with Crippen LogP contribution in [0, 0.1) is 6.92 Å². The number of anilines is 2. The van der Waals surface area contributed by atoms with Crippen molar-refractivity contribution in [2.24, 2.45) is 0 Å². The maximum atomic E-state index is 11.7. The van der Waals surface area contributed by atoms with Crippen molar-refractivity contribution in [3.05, 3.63) is 30.2 Å². The standard InChI is InChI=1S/C11H12N6OS/c1-7-5-8(12)16-11(15-7)19-6-9(18)17-10-13-3-2-4-14-10/h2-5H,6H2,1H3,(H2,12,15,16)(H,13,14,17,18). The number of nitrogens with two attached hydrogens (primary N) is 1. The van der Waals surface area contributed by atoms with Gasteiger partial charge >= 0.3 is 0 Å². The second-order valence-electron chi connectivity index (χ2n) is 3.63. The zero-order chi connectivity index (χ0) is 13.7. The Morgan fingerprint density at radius 2 is 2.11 bits per heavy atom. The van der Waals surface area contributed by atoms with Crippen molar-refractivity contribution in [2.45, 2.75) is 12.1 Å². The number of aryl methyl sites for hydroxylation is 1. The number of amides is 1. The van der Waals surface area contributed by atoms with Crippen LogP contribution in [0.3, 0.4) is 0 Å². The van der Waals surface area contributed by atoms with E-state index in [0.717, 1.165) is 5.69 Å². The van der Waals surface area contributed by atoms with Crippen molar-refractivity contribution in [3.63, 3.8) is 0 Å². The second-order valence-corrected chi connectivity index (χ2v) is 4.57. The average molecular weight is 276 g/mol. The fourth-order valence-electron chi connectivity index (χ4n) is 1.28. The summed E-state index contributed by atoms with van der Waals surface area (Å²) in [4.78, 5) is 27.7. The zero-order valence-corrected chi connectivity index (χ0v) is 11.0. The number of nitrogen functional groups attached to an aromatic ring is 1. The van der Waals surface area contributed by atoms with Crippen molar-refractivity contribution < 1.29 is 4.79 Å². The molecule has 2 aromatic heterocycles. The number of carbonyl (C=O) groups excluding carboxylic acids is 1.